The van der Waals surface area contributed by atoms with Crippen LogP contribution in [0.3, 0.4) is 0 Å². The summed E-state index contributed by atoms with van der Waals surface area (Å²) in [6.45, 7) is 1.80. The molecular formula is C21H23N3O4. The first-order valence-electron chi connectivity index (χ1n) is 9.23. The van der Waals surface area contributed by atoms with Crippen LogP contribution in [-0.4, -0.2) is 17.5 Å². The third-order valence-electron chi connectivity index (χ3n) is 5.95. The molecule has 2 aliphatic rings. The van der Waals surface area contributed by atoms with Crippen molar-refractivity contribution in [3.05, 3.63) is 64.7 Å². The maximum Gasteiger partial charge on any atom is 0.352 e. The number of carbonyl (C=O) groups excluding carboxylic acids is 2. The Hall–Kier alpha value is -2.90. The van der Waals surface area contributed by atoms with Gasteiger partial charge in [-0.2, -0.15) is 5.90 Å². The van der Waals surface area contributed by atoms with Gasteiger partial charge in [-0.3, -0.25) is 0 Å². The number of fused-ring (bicyclic) bond motifs is 2. The molecule has 7 nitrogen and oxygen atoms in total. The van der Waals surface area contributed by atoms with Crippen LogP contribution in [0.5, 0.6) is 0 Å². The van der Waals surface area contributed by atoms with Crippen molar-refractivity contribution in [3.63, 3.8) is 0 Å². The van der Waals surface area contributed by atoms with E-state index < -0.39 is 22.9 Å². The lowest BCUT2D eigenvalue weighted by atomic mass is 9.84. The third-order valence-corrected chi connectivity index (χ3v) is 5.95. The van der Waals surface area contributed by atoms with Crippen LogP contribution in [0, 0.1) is 0 Å². The Labute approximate surface area is 162 Å². The van der Waals surface area contributed by atoms with Gasteiger partial charge in [-0.05, 0) is 54.2 Å². The first-order valence-corrected chi connectivity index (χ1v) is 9.23. The Morgan fingerprint density at radius 2 is 1.71 bits per heavy atom. The van der Waals surface area contributed by atoms with E-state index in [0.29, 0.717) is 24.9 Å². The molecule has 7 heteroatoms. The van der Waals surface area contributed by atoms with Gasteiger partial charge in [-0.1, -0.05) is 30.3 Å². The summed E-state index contributed by atoms with van der Waals surface area (Å²) in [5.41, 5.74) is 11.7. The minimum atomic E-state index is -1.09. The van der Waals surface area contributed by atoms with Crippen LogP contribution in [0.15, 0.2) is 42.5 Å². The molecule has 0 aliphatic heterocycles. The molecule has 0 radical (unpaired) electrons. The fourth-order valence-corrected chi connectivity index (χ4v) is 4.23. The number of hydrogen-bond donors (Lipinski definition) is 3. The molecule has 0 aromatic heterocycles. The van der Waals surface area contributed by atoms with Gasteiger partial charge < -0.3 is 15.4 Å². The predicted molar refractivity (Wildman–Crippen MR) is 103 cm³/mol. The van der Waals surface area contributed by atoms with E-state index in [9.17, 15) is 9.59 Å². The van der Waals surface area contributed by atoms with Crippen molar-refractivity contribution < 1.29 is 19.3 Å². The Bertz CT molecular complexity index is 933. The van der Waals surface area contributed by atoms with Crippen LogP contribution >= 0.6 is 0 Å². The molecule has 28 heavy (non-hydrogen) atoms. The minimum absolute atomic E-state index is 0.439. The lowest BCUT2D eigenvalue weighted by Crippen LogP contribution is -2.50. The van der Waals surface area contributed by atoms with Crippen molar-refractivity contribution in [1.29, 1.82) is 0 Å². The first-order chi connectivity index (χ1) is 13.4. The number of hydrogen-bond acceptors (Lipinski definition) is 7. The Balaban J connectivity index is 1.47. The molecular weight excluding hydrogens is 358 g/mol. The van der Waals surface area contributed by atoms with Crippen LogP contribution in [0.1, 0.15) is 35.6 Å². The molecule has 0 bridgehead atoms. The topological polar surface area (TPSA) is 117 Å². The second-order valence-corrected chi connectivity index (χ2v) is 7.88. The molecule has 2 aliphatic carbocycles. The van der Waals surface area contributed by atoms with Crippen LogP contribution < -0.4 is 17.1 Å². The molecule has 1 unspecified atom stereocenters. The SMILES string of the molecule is CC1(C(=O)ON)CCc2ccc(NOC(=O)C3(N)Cc4ccccc4C3)cc21. The predicted octanol–water partition coefficient (Wildman–Crippen LogP) is 1.67. The summed E-state index contributed by atoms with van der Waals surface area (Å²) in [7, 11) is 0. The molecule has 2 aromatic rings. The van der Waals surface area contributed by atoms with E-state index in [1.807, 2.05) is 30.3 Å². The van der Waals surface area contributed by atoms with E-state index in [-0.39, 0.29) is 0 Å². The summed E-state index contributed by atoms with van der Waals surface area (Å²) < 4.78 is 0. The van der Waals surface area contributed by atoms with E-state index in [1.54, 1.807) is 19.1 Å². The van der Waals surface area contributed by atoms with Gasteiger partial charge in [0.1, 0.15) is 5.54 Å². The molecule has 0 saturated heterocycles. The van der Waals surface area contributed by atoms with Gasteiger partial charge >= 0.3 is 11.9 Å². The number of aryl methyl sites for hydroxylation is 1. The van der Waals surface area contributed by atoms with E-state index in [2.05, 4.69) is 10.3 Å². The summed E-state index contributed by atoms with van der Waals surface area (Å²) in [5.74, 6) is 4.10. The highest BCUT2D eigenvalue weighted by Crippen LogP contribution is 2.40. The highest BCUT2D eigenvalue weighted by molar-refractivity contribution is 5.85. The van der Waals surface area contributed by atoms with Crippen molar-refractivity contribution in [1.82, 2.24) is 0 Å². The number of nitrogens with one attached hydrogen (secondary N) is 1. The van der Waals surface area contributed by atoms with E-state index in [4.69, 9.17) is 16.5 Å². The molecule has 0 fully saturated rings. The van der Waals surface area contributed by atoms with Crippen molar-refractivity contribution in [2.75, 3.05) is 5.48 Å². The largest absolute Gasteiger partial charge is 0.373 e. The van der Waals surface area contributed by atoms with Gasteiger partial charge in [0.15, 0.2) is 0 Å². The number of benzene rings is 2. The fraction of sp³-hybridized carbons (Fsp3) is 0.333. The van der Waals surface area contributed by atoms with Gasteiger partial charge in [-0.15, -0.1) is 0 Å². The molecule has 0 saturated carbocycles. The average Bonchev–Trinajstić information content (AvgIpc) is 3.23. The maximum atomic E-state index is 12.6. The van der Waals surface area contributed by atoms with Gasteiger partial charge in [-0.25, -0.2) is 15.1 Å². The lowest BCUT2D eigenvalue weighted by Gasteiger charge is -2.23. The Kier molecular flexibility index (Phi) is 4.36. The number of rotatable bonds is 4. The molecule has 0 spiro atoms. The molecule has 146 valence electrons. The molecule has 1 atom stereocenters. The lowest BCUT2D eigenvalue weighted by molar-refractivity contribution is -0.150. The van der Waals surface area contributed by atoms with Crippen LogP contribution in [0.25, 0.3) is 0 Å². The summed E-state index contributed by atoms with van der Waals surface area (Å²) in [6, 6.07) is 13.3. The zero-order valence-electron chi connectivity index (χ0n) is 15.7. The third kappa shape index (κ3) is 2.93. The number of carbonyl (C=O) groups is 2. The highest BCUT2D eigenvalue weighted by atomic mass is 16.7. The van der Waals surface area contributed by atoms with Gasteiger partial charge in [0.2, 0.25) is 0 Å². The van der Waals surface area contributed by atoms with E-state index >= 15 is 0 Å². The number of nitrogens with two attached hydrogens (primary N) is 2. The fourth-order valence-electron chi connectivity index (χ4n) is 4.23. The highest BCUT2D eigenvalue weighted by Gasteiger charge is 2.43. The number of anilines is 1. The second kappa shape index (κ2) is 6.61. The van der Waals surface area contributed by atoms with Crippen LogP contribution in [0.2, 0.25) is 0 Å². The smallest absolute Gasteiger partial charge is 0.352 e. The Morgan fingerprint density at radius 3 is 2.36 bits per heavy atom. The average molecular weight is 381 g/mol. The van der Waals surface area contributed by atoms with E-state index in [1.165, 1.54) is 0 Å². The minimum Gasteiger partial charge on any atom is -0.373 e. The molecule has 4 rings (SSSR count). The quantitative estimate of drug-likeness (QED) is 0.690. The standard InChI is InChI=1S/C21H23N3O4/c1-20(18(25)27-23)9-8-13-6-7-16(10-17(13)20)24-28-19(26)21(22)11-14-4-2-3-5-15(14)12-21/h2-7,10,24H,8-9,11-12,22-23H2,1H3. The summed E-state index contributed by atoms with van der Waals surface area (Å²) in [5, 5.41) is 0. The van der Waals surface area contributed by atoms with Gasteiger partial charge in [0, 0.05) is 12.8 Å². The summed E-state index contributed by atoms with van der Waals surface area (Å²) >= 11 is 0. The molecule has 5 N–H and O–H groups in total. The second-order valence-electron chi connectivity index (χ2n) is 7.88. The first kappa shape index (κ1) is 18.5. The van der Waals surface area contributed by atoms with Crippen molar-refractivity contribution in [2.24, 2.45) is 11.6 Å². The van der Waals surface area contributed by atoms with Crippen molar-refractivity contribution >= 4 is 17.6 Å². The van der Waals surface area contributed by atoms with Crippen molar-refractivity contribution in [3.8, 4) is 0 Å². The van der Waals surface area contributed by atoms with Crippen LogP contribution in [0.4, 0.5) is 5.69 Å². The van der Waals surface area contributed by atoms with Gasteiger partial charge in [0.05, 0.1) is 11.1 Å². The van der Waals surface area contributed by atoms with Crippen molar-refractivity contribution in [2.45, 2.75) is 43.6 Å². The van der Waals surface area contributed by atoms with Crippen LogP contribution in [-0.2, 0) is 43.9 Å². The molecule has 2 aromatic carbocycles. The summed E-state index contributed by atoms with van der Waals surface area (Å²) in [6.07, 6.45) is 2.25. The monoisotopic (exact) mass is 381 g/mol. The molecule has 0 heterocycles. The zero-order valence-corrected chi connectivity index (χ0v) is 15.7. The van der Waals surface area contributed by atoms with Gasteiger partial charge in [0.25, 0.3) is 0 Å². The molecule has 0 amide bonds. The maximum absolute atomic E-state index is 12.6. The van der Waals surface area contributed by atoms with E-state index in [0.717, 1.165) is 28.7 Å². The zero-order chi connectivity index (χ0) is 19.9. The Morgan fingerprint density at radius 1 is 1.04 bits per heavy atom. The normalized spacial score (nSPS) is 21.5. The summed E-state index contributed by atoms with van der Waals surface area (Å²) in [4.78, 5) is 34.5.